The van der Waals surface area contributed by atoms with E-state index in [2.05, 4.69) is 9.88 Å². The van der Waals surface area contributed by atoms with Crippen molar-refractivity contribution in [3.8, 4) is 0 Å². The zero-order valence-corrected chi connectivity index (χ0v) is 12.2. The molecule has 0 bridgehead atoms. The van der Waals surface area contributed by atoms with E-state index in [9.17, 15) is 8.42 Å². The summed E-state index contributed by atoms with van der Waals surface area (Å²) in [5.74, 6) is 0. The normalized spacial score (nSPS) is 29.6. The molecule has 1 aliphatic heterocycles. The van der Waals surface area contributed by atoms with Gasteiger partial charge in [-0.3, -0.25) is 0 Å². The van der Waals surface area contributed by atoms with Crippen molar-refractivity contribution in [1.82, 2.24) is 4.98 Å². The second kappa shape index (κ2) is 4.76. The molecule has 1 aliphatic rings. The molecule has 102 valence electrons. The molecule has 3 atom stereocenters. The van der Waals surface area contributed by atoms with Crippen LogP contribution in [0.3, 0.4) is 0 Å². The summed E-state index contributed by atoms with van der Waals surface area (Å²) in [4.78, 5) is 6.22. The number of sulfonamides is 1. The topological polar surface area (TPSA) is 85.5 Å². The van der Waals surface area contributed by atoms with Crippen LogP contribution in [0.2, 0.25) is 0 Å². The summed E-state index contributed by atoms with van der Waals surface area (Å²) in [6.45, 7) is 6.72. The molecule has 2 N–H and O–H groups in total. The largest absolute Gasteiger partial charge is 0.372 e. The fraction of sp³-hybridized carbons (Fsp3) is 0.700. The molecule has 2 heterocycles. The van der Waals surface area contributed by atoms with Crippen molar-refractivity contribution in [2.75, 3.05) is 11.4 Å². The zero-order valence-electron chi connectivity index (χ0n) is 10.5. The molecule has 0 saturated carbocycles. The molecule has 1 fully saturated rings. The molecule has 1 aromatic rings. The van der Waals surface area contributed by atoms with E-state index in [1.165, 1.54) is 6.20 Å². The Balaban J connectivity index is 2.28. The van der Waals surface area contributed by atoms with Crippen LogP contribution in [0.5, 0.6) is 0 Å². The van der Waals surface area contributed by atoms with Crippen LogP contribution in [-0.2, 0) is 14.8 Å². The SMILES string of the molecule is CC1CN(c2ncc(S(N)(=O)=O)s2)C(C)C(C)O1. The summed E-state index contributed by atoms with van der Waals surface area (Å²) in [5, 5.41) is 5.76. The number of aromatic nitrogens is 1. The van der Waals surface area contributed by atoms with E-state index >= 15 is 0 Å². The molecule has 0 amide bonds. The van der Waals surface area contributed by atoms with Gasteiger partial charge in [-0.1, -0.05) is 11.3 Å². The average molecular weight is 291 g/mol. The van der Waals surface area contributed by atoms with Crippen LogP contribution in [0.25, 0.3) is 0 Å². The van der Waals surface area contributed by atoms with E-state index < -0.39 is 10.0 Å². The van der Waals surface area contributed by atoms with Gasteiger partial charge in [-0.15, -0.1) is 0 Å². The van der Waals surface area contributed by atoms with E-state index in [0.717, 1.165) is 11.3 Å². The Morgan fingerprint density at radius 2 is 2.17 bits per heavy atom. The number of nitrogens with zero attached hydrogens (tertiary/aromatic N) is 2. The van der Waals surface area contributed by atoms with Gasteiger partial charge in [-0.25, -0.2) is 18.5 Å². The first kappa shape index (κ1) is 13.7. The van der Waals surface area contributed by atoms with E-state index in [0.29, 0.717) is 11.7 Å². The Hall–Kier alpha value is -0.700. The van der Waals surface area contributed by atoms with Crippen LogP contribution in [0.15, 0.2) is 10.4 Å². The molecule has 6 nitrogen and oxygen atoms in total. The number of thiazole rings is 1. The maximum Gasteiger partial charge on any atom is 0.249 e. The van der Waals surface area contributed by atoms with Gasteiger partial charge in [-0.05, 0) is 20.8 Å². The Morgan fingerprint density at radius 1 is 1.50 bits per heavy atom. The highest BCUT2D eigenvalue weighted by molar-refractivity contribution is 7.91. The number of ether oxygens (including phenoxy) is 1. The maximum atomic E-state index is 11.2. The number of primary sulfonamides is 1. The van der Waals surface area contributed by atoms with Crippen molar-refractivity contribution >= 4 is 26.5 Å². The molecule has 0 aromatic carbocycles. The van der Waals surface area contributed by atoms with Gasteiger partial charge in [0.2, 0.25) is 10.0 Å². The summed E-state index contributed by atoms with van der Waals surface area (Å²) in [7, 11) is -3.67. The summed E-state index contributed by atoms with van der Waals surface area (Å²) < 4.78 is 28.3. The monoisotopic (exact) mass is 291 g/mol. The van der Waals surface area contributed by atoms with Crippen molar-refractivity contribution < 1.29 is 13.2 Å². The highest BCUT2D eigenvalue weighted by Gasteiger charge is 2.31. The predicted octanol–water partition coefficient (Wildman–Crippen LogP) is 0.793. The molecule has 1 aromatic heterocycles. The van der Waals surface area contributed by atoms with Crippen molar-refractivity contribution in [2.24, 2.45) is 5.14 Å². The van der Waals surface area contributed by atoms with Crippen LogP contribution in [0.4, 0.5) is 5.13 Å². The fourth-order valence-electron chi connectivity index (χ4n) is 1.99. The first-order valence-electron chi connectivity index (χ1n) is 5.69. The number of rotatable bonds is 2. The zero-order chi connectivity index (χ0) is 13.5. The second-order valence-electron chi connectivity index (χ2n) is 4.55. The quantitative estimate of drug-likeness (QED) is 0.871. The van der Waals surface area contributed by atoms with Gasteiger partial charge in [0.25, 0.3) is 0 Å². The van der Waals surface area contributed by atoms with Crippen molar-refractivity contribution in [3.05, 3.63) is 6.20 Å². The first-order chi connectivity index (χ1) is 8.29. The molecule has 0 aliphatic carbocycles. The summed E-state index contributed by atoms with van der Waals surface area (Å²) in [6, 6.07) is 0.153. The average Bonchev–Trinajstić information content (AvgIpc) is 2.71. The minimum Gasteiger partial charge on any atom is -0.372 e. The Kier molecular flexibility index (Phi) is 3.63. The Bertz CT molecular complexity index is 528. The number of anilines is 1. The third-order valence-corrected chi connectivity index (χ3v) is 5.51. The molecule has 8 heteroatoms. The molecule has 1 saturated heterocycles. The third kappa shape index (κ3) is 2.66. The summed E-state index contributed by atoms with van der Waals surface area (Å²) in [5.41, 5.74) is 0. The Labute approximate surface area is 111 Å². The van der Waals surface area contributed by atoms with E-state index in [1.54, 1.807) is 0 Å². The Morgan fingerprint density at radius 3 is 2.72 bits per heavy atom. The van der Waals surface area contributed by atoms with Crippen LogP contribution >= 0.6 is 11.3 Å². The molecule has 0 spiro atoms. The van der Waals surface area contributed by atoms with Crippen LogP contribution in [0, 0.1) is 0 Å². The lowest BCUT2D eigenvalue weighted by Gasteiger charge is -2.40. The summed E-state index contributed by atoms with van der Waals surface area (Å²) in [6.07, 6.45) is 1.49. The van der Waals surface area contributed by atoms with E-state index in [1.807, 2.05) is 20.8 Å². The maximum absolute atomic E-state index is 11.2. The molecular formula is C10H17N3O3S2. The predicted molar refractivity (Wildman–Crippen MR) is 70.3 cm³/mol. The highest BCUT2D eigenvalue weighted by Crippen LogP contribution is 2.30. The van der Waals surface area contributed by atoms with Gasteiger partial charge in [0.05, 0.1) is 24.4 Å². The van der Waals surface area contributed by atoms with Crippen LogP contribution in [0.1, 0.15) is 20.8 Å². The fourth-order valence-corrected chi connectivity index (χ4v) is 3.62. The van der Waals surface area contributed by atoms with Gasteiger partial charge >= 0.3 is 0 Å². The first-order valence-corrected chi connectivity index (χ1v) is 8.06. The van der Waals surface area contributed by atoms with Crippen LogP contribution < -0.4 is 10.0 Å². The van der Waals surface area contributed by atoms with Gasteiger partial charge in [0.15, 0.2) is 9.34 Å². The minimum absolute atomic E-state index is 0.0792. The van der Waals surface area contributed by atoms with Crippen molar-refractivity contribution in [1.29, 1.82) is 0 Å². The van der Waals surface area contributed by atoms with Crippen molar-refractivity contribution in [2.45, 2.75) is 43.2 Å². The molecule has 3 unspecified atom stereocenters. The van der Waals surface area contributed by atoms with E-state index in [4.69, 9.17) is 9.88 Å². The van der Waals surface area contributed by atoms with Gasteiger partial charge in [-0.2, -0.15) is 0 Å². The molecular weight excluding hydrogens is 274 g/mol. The molecule has 0 radical (unpaired) electrons. The lowest BCUT2D eigenvalue weighted by Crippen LogP contribution is -2.51. The second-order valence-corrected chi connectivity index (χ2v) is 7.35. The molecule has 2 rings (SSSR count). The van der Waals surface area contributed by atoms with Gasteiger partial charge in [0.1, 0.15) is 0 Å². The summed E-state index contributed by atoms with van der Waals surface area (Å²) >= 11 is 1.10. The van der Waals surface area contributed by atoms with Crippen LogP contribution in [-0.4, -0.2) is 38.2 Å². The van der Waals surface area contributed by atoms with Gasteiger partial charge < -0.3 is 9.64 Å². The highest BCUT2D eigenvalue weighted by atomic mass is 32.2. The number of hydrogen-bond donors (Lipinski definition) is 1. The number of morpholine rings is 1. The number of hydrogen-bond acceptors (Lipinski definition) is 6. The van der Waals surface area contributed by atoms with Gasteiger partial charge in [0, 0.05) is 6.54 Å². The third-order valence-electron chi connectivity index (χ3n) is 3.07. The lowest BCUT2D eigenvalue weighted by molar-refractivity contribution is -0.0257. The standard InChI is InChI=1S/C10H17N3O3S2/c1-6-5-13(7(2)8(3)16-6)10-12-4-9(17-10)18(11,14)15/h4,6-8H,5H2,1-3H3,(H2,11,14,15). The number of nitrogens with two attached hydrogens (primary N) is 1. The van der Waals surface area contributed by atoms with Crippen molar-refractivity contribution in [3.63, 3.8) is 0 Å². The molecule has 18 heavy (non-hydrogen) atoms. The smallest absolute Gasteiger partial charge is 0.249 e. The lowest BCUT2D eigenvalue weighted by atomic mass is 10.1. The van der Waals surface area contributed by atoms with E-state index in [-0.39, 0.29) is 22.5 Å². The minimum atomic E-state index is -3.67.